The van der Waals surface area contributed by atoms with Gasteiger partial charge in [-0.25, -0.2) is 15.0 Å². The van der Waals surface area contributed by atoms with Crippen molar-refractivity contribution in [2.45, 2.75) is 0 Å². The number of nitrogens with zero attached hydrogens (tertiary/aromatic N) is 5. The minimum atomic E-state index is 0.633. The second-order valence-corrected chi connectivity index (χ2v) is 14.4. The summed E-state index contributed by atoms with van der Waals surface area (Å²) in [6.45, 7) is 0. The van der Waals surface area contributed by atoms with Crippen LogP contribution in [0.5, 0.6) is 0 Å². The maximum Gasteiger partial charge on any atom is 0.235 e. The maximum atomic E-state index is 5.44. The van der Waals surface area contributed by atoms with E-state index in [-0.39, 0.29) is 0 Å². The molecule has 5 heteroatoms. The van der Waals surface area contributed by atoms with E-state index in [1.165, 1.54) is 43.4 Å². The summed E-state index contributed by atoms with van der Waals surface area (Å²) in [5.74, 6) is 1.51. The predicted octanol–water partition coefficient (Wildman–Crippen LogP) is 12.9. The van der Waals surface area contributed by atoms with Crippen LogP contribution in [0.25, 0.3) is 110 Å². The lowest BCUT2D eigenvalue weighted by molar-refractivity contribution is 1.01. The Hall–Kier alpha value is -7.63. The lowest BCUT2D eigenvalue weighted by Gasteiger charge is -2.13. The number of rotatable bonds is 4. The van der Waals surface area contributed by atoms with Crippen molar-refractivity contribution in [3.05, 3.63) is 188 Å². The number of pyridine rings is 1. The molecule has 0 saturated heterocycles. The first kappa shape index (κ1) is 30.8. The van der Waals surface area contributed by atoms with Gasteiger partial charge in [0, 0.05) is 44.1 Å². The van der Waals surface area contributed by atoms with Crippen molar-refractivity contribution in [3.8, 4) is 34.2 Å². The molecule has 0 unspecified atom stereocenters. The van der Waals surface area contributed by atoms with Crippen LogP contribution in [-0.4, -0.2) is 24.1 Å². The molecule has 0 radical (unpaired) electrons. The summed E-state index contributed by atoms with van der Waals surface area (Å²) in [7, 11) is 0. The summed E-state index contributed by atoms with van der Waals surface area (Å²) in [6.07, 6.45) is 1.87. The summed E-state index contributed by atoms with van der Waals surface area (Å²) >= 11 is 0. The van der Waals surface area contributed by atoms with E-state index >= 15 is 0 Å². The molecule has 0 aliphatic carbocycles. The minimum Gasteiger partial charge on any atom is -0.293 e. The van der Waals surface area contributed by atoms with E-state index < -0.39 is 0 Å². The molecule has 0 amide bonds. The largest absolute Gasteiger partial charge is 0.293 e. The molecular weight excluding hydrogens is 683 g/mol. The molecule has 4 aromatic heterocycles. The molecule has 0 aliphatic heterocycles. The third kappa shape index (κ3) is 4.52. The summed E-state index contributed by atoms with van der Waals surface area (Å²) in [5.41, 5.74) is 9.55. The molecule has 0 bridgehead atoms. The van der Waals surface area contributed by atoms with Gasteiger partial charge in [-0.2, -0.15) is 0 Å². The van der Waals surface area contributed by atoms with Crippen LogP contribution in [0.3, 0.4) is 0 Å². The lowest BCUT2D eigenvalue weighted by atomic mass is 9.96. The third-order valence-electron chi connectivity index (χ3n) is 11.4. The molecule has 12 rings (SSSR count). The van der Waals surface area contributed by atoms with Gasteiger partial charge in [0.15, 0.2) is 0 Å². The van der Waals surface area contributed by atoms with Crippen molar-refractivity contribution < 1.29 is 0 Å². The van der Waals surface area contributed by atoms with Gasteiger partial charge in [0.25, 0.3) is 0 Å². The predicted molar refractivity (Wildman–Crippen MR) is 232 cm³/mol. The zero-order valence-electron chi connectivity index (χ0n) is 30.1. The molecule has 0 N–H and O–H groups in total. The number of para-hydroxylation sites is 2. The van der Waals surface area contributed by atoms with E-state index in [0.717, 1.165) is 60.8 Å². The molecule has 0 fully saturated rings. The number of hydrogen-bond acceptors (Lipinski definition) is 3. The number of benzene rings is 8. The summed E-state index contributed by atoms with van der Waals surface area (Å²) in [5, 5.41) is 10.6. The van der Waals surface area contributed by atoms with E-state index in [9.17, 15) is 0 Å². The normalized spacial score (nSPS) is 11.9. The monoisotopic (exact) mass is 713 g/mol. The van der Waals surface area contributed by atoms with Gasteiger partial charge in [-0.15, -0.1) is 0 Å². The average Bonchev–Trinajstić information content (AvgIpc) is 3.77. The highest BCUT2D eigenvalue weighted by Crippen LogP contribution is 2.42. The highest BCUT2D eigenvalue weighted by molar-refractivity contribution is 6.23. The smallest absolute Gasteiger partial charge is 0.235 e. The standard InChI is InChI=1S/C51H31N5/c1-3-15-36-32(12-1)14-11-19-37(36)34-23-25-35(26-24-34)49-41-18-5-7-20-44(41)53-51(54-49)55-45-21-8-6-17-39(45)42-30-43-40-28-27-33-13-2-4-16-38(33)50(40)56(47(43)31-46(42)55)48-22-9-10-29-52-48/h1-31H. The molecule has 8 aromatic carbocycles. The fraction of sp³-hybridized carbons (Fsp3) is 0. The van der Waals surface area contributed by atoms with Crippen LogP contribution >= 0.6 is 0 Å². The molecule has 0 spiro atoms. The van der Waals surface area contributed by atoms with Gasteiger partial charge >= 0.3 is 0 Å². The van der Waals surface area contributed by atoms with Crippen LogP contribution in [0.1, 0.15) is 0 Å². The second-order valence-electron chi connectivity index (χ2n) is 14.4. The van der Waals surface area contributed by atoms with Crippen molar-refractivity contribution >= 4 is 76.1 Å². The fourth-order valence-electron chi connectivity index (χ4n) is 8.85. The van der Waals surface area contributed by atoms with Gasteiger partial charge in [0.2, 0.25) is 5.95 Å². The first-order chi connectivity index (χ1) is 27.8. The summed E-state index contributed by atoms with van der Waals surface area (Å²) in [6, 6.07) is 64.7. The summed E-state index contributed by atoms with van der Waals surface area (Å²) < 4.78 is 4.56. The van der Waals surface area contributed by atoms with Crippen LogP contribution in [0, 0.1) is 0 Å². The Morgan fingerprint density at radius 2 is 1.04 bits per heavy atom. The van der Waals surface area contributed by atoms with Crippen molar-refractivity contribution in [3.63, 3.8) is 0 Å². The maximum absolute atomic E-state index is 5.44. The Balaban J connectivity index is 1.12. The number of aromatic nitrogens is 5. The van der Waals surface area contributed by atoms with Gasteiger partial charge in [0.1, 0.15) is 5.82 Å². The Morgan fingerprint density at radius 1 is 0.375 bits per heavy atom. The third-order valence-corrected chi connectivity index (χ3v) is 11.4. The van der Waals surface area contributed by atoms with Crippen molar-refractivity contribution in [2.75, 3.05) is 0 Å². The first-order valence-corrected chi connectivity index (χ1v) is 18.9. The zero-order chi connectivity index (χ0) is 36.7. The molecule has 5 nitrogen and oxygen atoms in total. The molecule has 0 aliphatic rings. The van der Waals surface area contributed by atoms with Crippen molar-refractivity contribution in [2.24, 2.45) is 0 Å². The van der Waals surface area contributed by atoms with Crippen LogP contribution in [0.15, 0.2) is 188 Å². The molecule has 4 heterocycles. The molecule has 0 saturated carbocycles. The van der Waals surface area contributed by atoms with E-state index in [1.54, 1.807) is 0 Å². The van der Waals surface area contributed by atoms with Crippen LogP contribution in [-0.2, 0) is 0 Å². The highest BCUT2D eigenvalue weighted by Gasteiger charge is 2.22. The first-order valence-electron chi connectivity index (χ1n) is 18.9. The van der Waals surface area contributed by atoms with Gasteiger partial charge < -0.3 is 0 Å². The van der Waals surface area contributed by atoms with Crippen molar-refractivity contribution in [1.29, 1.82) is 0 Å². The lowest BCUT2D eigenvalue weighted by Crippen LogP contribution is -2.03. The van der Waals surface area contributed by atoms with E-state index in [2.05, 4.69) is 185 Å². The Labute approximate surface area is 321 Å². The van der Waals surface area contributed by atoms with Crippen LogP contribution < -0.4 is 0 Å². The number of fused-ring (bicyclic) bond motifs is 10. The van der Waals surface area contributed by atoms with Gasteiger partial charge in [0.05, 0.1) is 33.3 Å². The summed E-state index contributed by atoms with van der Waals surface area (Å²) in [4.78, 5) is 15.6. The minimum absolute atomic E-state index is 0.633. The van der Waals surface area contributed by atoms with Crippen molar-refractivity contribution in [1.82, 2.24) is 24.1 Å². The van der Waals surface area contributed by atoms with E-state index in [0.29, 0.717) is 5.95 Å². The molecule has 12 aromatic rings. The average molecular weight is 714 g/mol. The van der Waals surface area contributed by atoms with Gasteiger partial charge in [-0.3, -0.25) is 9.13 Å². The molecule has 0 atom stereocenters. The SMILES string of the molecule is c1ccc(-n2c3cc4c(cc3c3ccc5ccccc5c32)c2ccccc2n4-c2nc(-c3ccc(-c4cccc5ccccc45)cc3)c3ccccc3n2)nc1. The molecular formula is C51H31N5. The van der Waals surface area contributed by atoms with E-state index in [1.807, 2.05) is 12.3 Å². The Bertz CT molecular complexity index is 3520. The molecule has 56 heavy (non-hydrogen) atoms. The molecule has 260 valence electrons. The Morgan fingerprint density at radius 3 is 1.88 bits per heavy atom. The Kier molecular flexibility index (Phi) is 6.56. The second kappa shape index (κ2) is 11.9. The zero-order valence-corrected chi connectivity index (χ0v) is 30.1. The topological polar surface area (TPSA) is 48.5 Å². The highest BCUT2D eigenvalue weighted by atomic mass is 15.2. The van der Waals surface area contributed by atoms with E-state index in [4.69, 9.17) is 15.0 Å². The fourth-order valence-corrected chi connectivity index (χ4v) is 8.85. The van der Waals surface area contributed by atoms with Gasteiger partial charge in [-0.05, 0) is 63.7 Å². The van der Waals surface area contributed by atoms with Crippen LogP contribution in [0.2, 0.25) is 0 Å². The number of hydrogen-bond donors (Lipinski definition) is 0. The quantitative estimate of drug-likeness (QED) is 0.182. The van der Waals surface area contributed by atoms with Crippen LogP contribution in [0.4, 0.5) is 0 Å². The van der Waals surface area contributed by atoms with Gasteiger partial charge in [-0.1, -0.05) is 146 Å².